The molecule has 0 aliphatic carbocycles. The second-order valence-electron chi connectivity index (χ2n) is 8.61. The second-order valence-corrected chi connectivity index (χ2v) is 8.99. The Hall–Kier alpha value is -3.58. The Labute approximate surface area is 210 Å². The molecule has 0 aliphatic rings. The molecule has 0 saturated heterocycles. The molecule has 0 aliphatic heterocycles. The zero-order valence-corrected chi connectivity index (χ0v) is 21.4. The number of benzene rings is 2. The van der Waals surface area contributed by atoms with Crippen LogP contribution in [0.1, 0.15) is 35.2 Å². The number of pyridine rings is 1. The molecule has 2 aromatic heterocycles. The summed E-state index contributed by atoms with van der Waals surface area (Å²) in [4.78, 5) is 17.5. The molecule has 0 spiro atoms. The van der Waals surface area contributed by atoms with Crippen molar-refractivity contribution in [1.82, 2.24) is 14.8 Å². The molecule has 182 valence electrons. The number of rotatable bonds is 8. The molecule has 8 heteroatoms. The summed E-state index contributed by atoms with van der Waals surface area (Å²) in [5, 5.41) is 9.28. The van der Waals surface area contributed by atoms with Crippen LogP contribution in [0, 0.1) is 27.7 Å². The zero-order chi connectivity index (χ0) is 25.1. The number of carbonyl (C=O) groups is 1. The van der Waals surface area contributed by atoms with Crippen molar-refractivity contribution in [3.8, 4) is 17.3 Å². The summed E-state index contributed by atoms with van der Waals surface area (Å²) in [6, 6.07) is 13.4. The fraction of sp³-hybridized carbons (Fsp3) is 0.296. The summed E-state index contributed by atoms with van der Waals surface area (Å²) in [6.45, 7) is 8.22. The standard InChI is InChI=1S/C27H29ClN4O3/c1-16-14-23(30-27-21(16)8-6-9-22(27)34-5)32-24(15-19(4)31-32)29-25(33)10-7-11-35-20-12-17(2)26(28)18(3)13-20/h6,8-9,12-15H,7,10-11H2,1-5H3,(H,29,33). The van der Waals surface area contributed by atoms with Crippen LogP contribution >= 0.6 is 11.6 Å². The van der Waals surface area contributed by atoms with Crippen LogP contribution in [0.2, 0.25) is 5.02 Å². The number of aryl methyl sites for hydroxylation is 4. The van der Waals surface area contributed by atoms with Gasteiger partial charge in [0.1, 0.15) is 22.8 Å². The molecule has 7 nitrogen and oxygen atoms in total. The number of carbonyl (C=O) groups excluding carboxylic acids is 1. The maximum Gasteiger partial charge on any atom is 0.225 e. The van der Waals surface area contributed by atoms with E-state index in [9.17, 15) is 4.79 Å². The molecule has 4 rings (SSSR count). The number of fused-ring (bicyclic) bond motifs is 1. The van der Waals surface area contributed by atoms with E-state index in [0.717, 1.165) is 44.1 Å². The van der Waals surface area contributed by atoms with Gasteiger partial charge >= 0.3 is 0 Å². The number of anilines is 1. The van der Waals surface area contributed by atoms with Crippen molar-refractivity contribution in [2.75, 3.05) is 19.0 Å². The molecule has 0 bridgehead atoms. The summed E-state index contributed by atoms with van der Waals surface area (Å²) >= 11 is 6.21. The number of ether oxygens (including phenoxy) is 2. The van der Waals surface area contributed by atoms with Gasteiger partial charge in [0.15, 0.2) is 5.82 Å². The van der Waals surface area contributed by atoms with E-state index in [0.29, 0.717) is 36.8 Å². The van der Waals surface area contributed by atoms with E-state index >= 15 is 0 Å². The third-order valence-corrected chi connectivity index (χ3v) is 6.35. The van der Waals surface area contributed by atoms with Gasteiger partial charge in [-0.1, -0.05) is 23.7 Å². The van der Waals surface area contributed by atoms with Crippen molar-refractivity contribution in [1.29, 1.82) is 0 Å². The van der Waals surface area contributed by atoms with Crippen molar-refractivity contribution >= 4 is 34.2 Å². The molecule has 0 unspecified atom stereocenters. The van der Waals surface area contributed by atoms with E-state index in [1.807, 2.05) is 70.2 Å². The van der Waals surface area contributed by atoms with Crippen molar-refractivity contribution in [3.63, 3.8) is 0 Å². The highest BCUT2D eigenvalue weighted by molar-refractivity contribution is 6.32. The molecular formula is C27H29ClN4O3. The first-order valence-electron chi connectivity index (χ1n) is 11.5. The lowest BCUT2D eigenvalue weighted by Crippen LogP contribution is -2.16. The van der Waals surface area contributed by atoms with Crippen LogP contribution in [0.4, 0.5) is 5.82 Å². The van der Waals surface area contributed by atoms with E-state index in [2.05, 4.69) is 10.4 Å². The Morgan fingerprint density at radius 3 is 2.51 bits per heavy atom. The highest BCUT2D eigenvalue weighted by Gasteiger charge is 2.15. The Balaban J connectivity index is 1.45. The molecule has 1 amide bonds. The predicted octanol–water partition coefficient (Wildman–Crippen LogP) is 6.11. The van der Waals surface area contributed by atoms with Gasteiger partial charge < -0.3 is 14.8 Å². The number of amides is 1. The largest absolute Gasteiger partial charge is 0.494 e. The summed E-state index contributed by atoms with van der Waals surface area (Å²) in [6.07, 6.45) is 0.887. The Morgan fingerprint density at radius 1 is 1.06 bits per heavy atom. The highest BCUT2D eigenvalue weighted by Crippen LogP contribution is 2.29. The van der Waals surface area contributed by atoms with Crippen LogP contribution in [-0.4, -0.2) is 34.4 Å². The first kappa shape index (κ1) is 24.5. The van der Waals surface area contributed by atoms with Crippen LogP contribution in [0.5, 0.6) is 11.5 Å². The normalized spacial score (nSPS) is 11.0. The zero-order valence-electron chi connectivity index (χ0n) is 20.6. The van der Waals surface area contributed by atoms with E-state index in [1.54, 1.807) is 11.8 Å². The monoisotopic (exact) mass is 492 g/mol. The lowest BCUT2D eigenvalue weighted by Gasteiger charge is -2.12. The summed E-state index contributed by atoms with van der Waals surface area (Å²) in [5.41, 5.74) is 4.51. The molecule has 0 fully saturated rings. The van der Waals surface area contributed by atoms with Gasteiger partial charge in [-0.3, -0.25) is 4.79 Å². The Kier molecular flexibility index (Phi) is 7.26. The van der Waals surface area contributed by atoms with E-state index in [1.165, 1.54) is 0 Å². The molecule has 35 heavy (non-hydrogen) atoms. The number of para-hydroxylation sites is 1. The highest BCUT2D eigenvalue weighted by atomic mass is 35.5. The average molecular weight is 493 g/mol. The van der Waals surface area contributed by atoms with Crippen molar-refractivity contribution in [2.24, 2.45) is 0 Å². The maximum absolute atomic E-state index is 12.7. The van der Waals surface area contributed by atoms with Crippen LogP contribution in [0.15, 0.2) is 42.5 Å². The van der Waals surface area contributed by atoms with Gasteiger partial charge in [-0.05, 0) is 75.1 Å². The average Bonchev–Trinajstić information content (AvgIpc) is 3.19. The van der Waals surface area contributed by atoms with E-state index in [4.69, 9.17) is 26.1 Å². The first-order valence-corrected chi connectivity index (χ1v) is 11.9. The van der Waals surface area contributed by atoms with Crippen LogP contribution in [0.25, 0.3) is 16.7 Å². The van der Waals surface area contributed by atoms with E-state index < -0.39 is 0 Å². The van der Waals surface area contributed by atoms with Crippen LogP contribution in [0.3, 0.4) is 0 Å². The third-order valence-electron chi connectivity index (χ3n) is 5.76. The van der Waals surface area contributed by atoms with Gasteiger partial charge in [-0.25, -0.2) is 4.98 Å². The van der Waals surface area contributed by atoms with Gasteiger partial charge in [0.25, 0.3) is 0 Å². The molecule has 4 aromatic rings. The van der Waals surface area contributed by atoms with Crippen LogP contribution < -0.4 is 14.8 Å². The minimum Gasteiger partial charge on any atom is -0.494 e. The van der Waals surface area contributed by atoms with Crippen LogP contribution in [-0.2, 0) is 4.79 Å². The maximum atomic E-state index is 12.7. The Morgan fingerprint density at radius 2 is 1.80 bits per heavy atom. The number of nitrogens with one attached hydrogen (secondary N) is 1. The van der Waals surface area contributed by atoms with Crippen molar-refractivity contribution in [2.45, 2.75) is 40.5 Å². The number of aromatic nitrogens is 3. The minimum atomic E-state index is -0.117. The quantitative estimate of drug-likeness (QED) is 0.300. The summed E-state index contributed by atoms with van der Waals surface area (Å²) < 4.78 is 13.0. The minimum absolute atomic E-state index is 0.117. The van der Waals surface area contributed by atoms with E-state index in [-0.39, 0.29) is 5.91 Å². The molecule has 0 atom stereocenters. The number of methoxy groups -OCH3 is 1. The fourth-order valence-electron chi connectivity index (χ4n) is 4.03. The fourth-order valence-corrected chi connectivity index (χ4v) is 4.14. The number of hydrogen-bond acceptors (Lipinski definition) is 5. The topological polar surface area (TPSA) is 78.3 Å². The number of nitrogens with zero attached hydrogens (tertiary/aromatic N) is 3. The molecule has 2 heterocycles. The van der Waals surface area contributed by atoms with Gasteiger partial charge in [-0.2, -0.15) is 9.78 Å². The lowest BCUT2D eigenvalue weighted by molar-refractivity contribution is -0.116. The van der Waals surface area contributed by atoms with Gasteiger partial charge in [0, 0.05) is 22.9 Å². The van der Waals surface area contributed by atoms with Gasteiger partial charge in [-0.15, -0.1) is 0 Å². The Bertz CT molecular complexity index is 1370. The summed E-state index contributed by atoms with van der Waals surface area (Å²) in [5.74, 6) is 2.51. The van der Waals surface area contributed by atoms with Crippen molar-refractivity contribution < 1.29 is 14.3 Å². The lowest BCUT2D eigenvalue weighted by atomic mass is 10.1. The molecular weight excluding hydrogens is 464 g/mol. The molecule has 2 aromatic carbocycles. The second kappa shape index (κ2) is 10.4. The van der Waals surface area contributed by atoms with Gasteiger partial charge in [0.05, 0.1) is 19.4 Å². The third kappa shape index (κ3) is 5.41. The summed E-state index contributed by atoms with van der Waals surface area (Å²) in [7, 11) is 1.63. The molecule has 1 N–H and O–H groups in total. The smallest absolute Gasteiger partial charge is 0.225 e. The van der Waals surface area contributed by atoms with Crippen molar-refractivity contribution in [3.05, 3.63) is 69.9 Å². The predicted molar refractivity (Wildman–Crippen MR) is 139 cm³/mol. The number of halogens is 1. The molecule has 0 saturated carbocycles. The molecule has 0 radical (unpaired) electrons. The SMILES string of the molecule is COc1cccc2c(C)cc(-n3nc(C)cc3NC(=O)CCCOc3cc(C)c(Cl)c(C)c3)nc12. The van der Waals surface area contributed by atoms with Gasteiger partial charge in [0.2, 0.25) is 5.91 Å². The first-order chi connectivity index (χ1) is 16.8. The number of hydrogen-bond donors (Lipinski definition) is 1.